The molecule has 0 heterocycles. The van der Waals surface area contributed by atoms with Crippen molar-refractivity contribution in [1.29, 1.82) is 0 Å². The van der Waals surface area contributed by atoms with Gasteiger partial charge >= 0.3 is 0 Å². The van der Waals surface area contributed by atoms with Crippen LogP contribution in [0.15, 0.2) is 53.4 Å². The molecule has 0 N–H and O–H groups in total. The first kappa shape index (κ1) is 18.2. The molecular weight excluding hydrogens is 355 g/mol. The number of anilines is 2. The first-order valence-corrected chi connectivity index (χ1v) is 10.1. The third kappa shape index (κ3) is 3.68. The van der Waals surface area contributed by atoms with Crippen LogP contribution in [0.3, 0.4) is 0 Å². The summed E-state index contributed by atoms with van der Waals surface area (Å²) in [7, 11) is -4.46. The molecule has 0 saturated heterocycles. The monoisotopic (exact) mass is 372 g/mol. The Kier molecular flexibility index (Phi) is 4.86. The van der Waals surface area contributed by atoms with Crippen molar-refractivity contribution in [3.63, 3.8) is 0 Å². The zero-order chi connectivity index (χ0) is 18.1. The maximum Gasteiger partial charge on any atom is 0.264 e. The Morgan fingerprint density at radius 2 is 1.17 bits per heavy atom. The van der Waals surface area contributed by atoms with E-state index in [0.29, 0.717) is 11.4 Å². The number of hydrogen-bond donors (Lipinski definition) is 0. The molecule has 0 radical (unpaired) electrons. The molecule has 0 fully saturated rings. The summed E-state index contributed by atoms with van der Waals surface area (Å²) in [6.45, 7) is 0. The highest BCUT2D eigenvalue weighted by Crippen LogP contribution is 2.25. The summed E-state index contributed by atoms with van der Waals surface area (Å²) in [4.78, 5) is -0.0382. The van der Waals surface area contributed by atoms with Crippen molar-refractivity contribution in [1.82, 2.24) is 0 Å². The van der Waals surface area contributed by atoms with Crippen molar-refractivity contribution >= 4 is 31.4 Å². The molecule has 2 aromatic carbocycles. The Morgan fingerprint density at radius 3 is 1.58 bits per heavy atom. The van der Waals surface area contributed by atoms with E-state index in [4.69, 9.17) is 0 Å². The summed E-state index contributed by atoms with van der Waals surface area (Å²) in [5.41, 5.74) is 0.763. The maximum absolute atomic E-state index is 13.0. The second-order valence-electron chi connectivity index (χ2n) is 5.17. The van der Waals surface area contributed by atoms with Gasteiger partial charge in [-0.1, -0.05) is 0 Å². The molecule has 2 rings (SSSR count). The molecular formula is C15H17FN2O4S2. The van der Waals surface area contributed by atoms with Gasteiger partial charge in [0.2, 0.25) is 10.0 Å². The van der Waals surface area contributed by atoms with Crippen molar-refractivity contribution in [2.45, 2.75) is 4.90 Å². The second kappa shape index (κ2) is 6.40. The van der Waals surface area contributed by atoms with Gasteiger partial charge < -0.3 is 0 Å². The number of hydrogen-bond acceptors (Lipinski definition) is 4. The van der Waals surface area contributed by atoms with Gasteiger partial charge in [0.15, 0.2) is 0 Å². The van der Waals surface area contributed by atoms with Crippen LogP contribution in [0.2, 0.25) is 0 Å². The van der Waals surface area contributed by atoms with Crippen LogP contribution in [-0.4, -0.2) is 37.2 Å². The summed E-state index contributed by atoms with van der Waals surface area (Å²) < 4.78 is 63.1. The molecule has 9 heteroatoms. The Bertz CT molecular complexity index is 924. The smallest absolute Gasteiger partial charge is 0.264 e. The predicted molar refractivity (Wildman–Crippen MR) is 91.7 cm³/mol. The van der Waals surface area contributed by atoms with Crippen molar-refractivity contribution in [3.8, 4) is 0 Å². The molecule has 6 nitrogen and oxygen atoms in total. The molecule has 0 bridgehead atoms. The van der Waals surface area contributed by atoms with Crippen LogP contribution < -0.4 is 8.61 Å². The predicted octanol–water partition coefficient (Wildman–Crippen LogP) is 2.05. The van der Waals surface area contributed by atoms with Crippen LogP contribution in [0.4, 0.5) is 15.8 Å². The molecule has 0 aliphatic heterocycles. The van der Waals surface area contributed by atoms with E-state index in [9.17, 15) is 21.2 Å². The first-order valence-electron chi connectivity index (χ1n) is 6.82. The minimum atomic E-state index is -3.84. The molecule has 0 aromatic heterocycles. The topological polar surface area (TPSA) is 74.8 Å². The van der Waals surface area contributed by atoms with E-state index in [1.807, 2.05) is 0 Å². The van der Waals surface area contributed by atoms with Gasteiger partial charge in [0.25, 0.3) is 10.0 Å². The Labute approximate surface area is 141 Å². The molecule has 0 amide bonds. The zero-order valence-electron chi connectivity index (χ0n) is 13.3. The quantitative estimate of drug-likeness (QED) is 0.805. The summed E-state index contributed by atoms with van der Waals surface area (Å²) in [6, 6.07) is 10.5. The fourth-order valence-corrected chi connectivity index (χ4v) is 3.67. The largest absolute Gasteiger partial charge is 0.274 e. The van der Waals surface area contributed by atoms with Gasteiger partial charge in [-0.15, -0.1) is 0 Å². The van der Waals surface area contributed by atoms with Crippen molar-refractivity contribution in [3.05, 3.63) is 54.3 Å². The minimum Gasteiger partial charge on any atom is -0.274 e. The summed E-state index contributed by atoms with van der Waals surface area (Å²) in [5.74, 6) is -0.523. The van der Waals surface area contributed by atoms with Crippen molar-refractivity contribution in [2.24, 2.45) is 0 Å². The van der Waals surface area contributed by atoms with E-state index in [0.717, 1.165) is 27.0 Å². The number of benzene rings is 2. The van der Waals surface area contributed by atoms with Crippen LogP contribution in [-0.2, 0) is 20.0 Å². The lowest BCUT2D eigenvalue weighted by Crippen LogP contribution is -2.27. The molecule has 0 aliphatic rings. The minimum absolute atomic E-state index is 0.0382. The molecule has 24 heavy (non-hydrogen) atoms. The van der Waals surface area contributed by atoms with E-state index < -0.39 is 25.9 Å². The highest BCUT2D eigenvalue weighted by molar-refractivity contribution is 7.92. The van der Waals surface area contributed by atoms with Crippen LogP contribution in [0, 0.1) is 5.82 Å². The van der Waals surface area contributed by atoms with Gasteiger partial charge in [0.05, 0.1) is 22.5 Å². The van der Waals surface area contributed by atoms with Crippen LogP contribution in [0.5, 0.6) is 0 Å². The lowest BCUT2D eigenvalue weighted by Gasteiger charge is -2.21. The number of sulfonamides is 2. The van der Waals surface area contributed by atoms with Crippen LogP contribution in [0.1, 0.15) is 0 Å². The average molecular weight is 372 g/mol. The highest BCUT2D eigenvalue weighted by atomic mass is 32.2. The summed E-state index contributed by atoms with van der Waals surface area (Å²) in [6.07, 6.45) is 1.08. The number of nitrogens with zero attached hydrogens (tertiary/aromatic N) is 2. The molecule has 2 aromatic rings. The van der Waals surface area contributed by atoms with E-state index in [1.54, 1.807) is 0 Å². The molecule has 130 valence electrons. The molecule has 0 spiro atoms. The van der Waals surface area contributed by atoms with Crippen LogP contribution in [0.25, 0.3) is 0 Å². The van der Waals surface area contributed by atoms with Crippen molar-refractivity contribution in [2.75, 3.05) is 29.0 Å². The summed E-state index contributed by atoms with van der Waals surface area (Å²) in [5, 5.41) is 0. The number of halogens is 1. The Morgan fingerprint density at radius 1 is 0.750 bits per heavy atom. The number of rotatable bonds is 5. The van der Waals surface area contributed by atoms with Gasteiger partial charge in [-0.25, -0.2) is 21.2 Å². The van der Waals surface area contributed by atoms with E-state index >= 15 is 0 Å². The highest BCUT2D eigenvalue weighted by Gasteiger charge is 2.21. The van der Waals surface area contributed by atoms with Crippen molar-refractivity contribution < 1.29 is 21.2 Å². The molecule has 0 saturated carbocycles. The lowest BCUT2D eigenvalue weighted by molar-refractivity contribution is 0.592. The van der Waals surface area contributed by atoms with Gasteiger partial charge in [-0.05, 0) is 48.5 Å². The fraction of sp³-hybridized carbons (Fsp3) is 0.200. The van der Waals surface area contributed by atoms with Crippen LogP contribution >= 0.6 is 0 Å². The first-order chi connectivity index (χ1) is 11.0. The normalized spacial score (nSPS) is 12.0. The standard InChI is InChI=1S/C15H17FN2O4S2/c1-17(23(3,19)20)13-6-8-14(9-7-13)18(2)24(21,22)15-10-4-12(16)5-11-15/h4-11H,1-3H3. The summed E-state index contributed by atoms with van der Waals surface area (Å²) >= 11 is 0. The second-order valence-corrected chi connectivity index (χ2v) is 9.16. The van der Waals surface area contributed by atoms with Gasteiger partial charge in [0.1, 0.15) is 5.82 Å². The third-order valence-electron chi connectivity index (χ3n) is 3.55. The van der Waals surface area contributed by atoms with Gasteiger partial charge in [0, 0.05) is 14.1 Å². The Balaban J connectivity index is 2.33. The SMILES string of the molecule is CN(c1ccc(N(C)S(=O)(=O)c2ccc(F)cc2)cc1)S(C)(=O)=O. The van der Waals surface area contributed by atoms with E-state index in [2.05, 4.69) is 0 Å². The maximum atomic E-state index is 13.0. The molecule has 0 atom stereocenters. The van der Waals surface area contributed by atoms with E-state index in [1.165, 1.54) is 50.5 Å². The van der Waals surface area contributed by atoms with E-state index in [-0.39, 0.29) is 4.90 Å². The van der Waals surface area contributed by atoms with Gasteiger partial charge in [-0.2, -0.15) is 0 Å². The van der Waals surface area contributed by atoms with Gasteiger partial charge in [-0.3, -0.25) is 8.61 Å². The Hall–Kier alpha value is -2.13. The lowest BCUT2D eigenvalue weighted by atomic mass is 10.3. The molecule has 0 unspecified atom stereocenters. The zero-order valence-corrected chi connectivity index (χ0v) is 15.0. The third-order valence-corrected chi connectivity index (χ3v) is 6.55. The fourth-order valence-electron chi connectivity index (χ4n) is 1.97. The molecule has 0 aliphatic carbocycles. The average Bonchev–Trinajstić information content (AvgIpc) is 2.53.